The van der Waals surface area contributed by atoms with Crippen LogP contribution < -0.4 is 21.7 Å². The van der Waals surface area contributed by atoms with Gasteiger partial charge in [0.05, 0.1) is 6.54 Å². The summed E-state index contributed by atoms with van der Waals surface area (Å²) < 4.78 is 0. The van der Waals surface area contributed by atoms with Gasteiger partial charge in [-0.05, 0) is 47.7 Å². The third-order valence-electron chi connectivity index (χ3n) is 8.66. The van der Waals surface area contributed by atoms with Crippen molar-refractivity contribution in [3.8, 4) is 5.75 Å². The van der Waals surface area contributed by atoms with Gasteiger partial charge in [-0.15, -0.1) is 0 Å². The summed E-state index contributed by atoms with van der Waals surface area (Å²) in [7, 11) is 0. The highest BCUT2D eigenvalue weighted by Gasteiger charge is 2.39. The maximum Gasteiger partial charge on any atom is 0.326 e. The zero-order chi connectivity index (χ0) is 34.9. The number of nitrogens with two attached hydrogens (primary N) is 1. The number of carbonyl (C=O) groups is 5. The number of carboxylic acids is 1. The number of fused-ring (bicyclic) bond motifs is 1. The third-order valence-corrected chi connectivity index (χ3v) is 8.66. The second kappa shape index (κ2) is 15.9. The molecular weight excluding hydrogens is 628 g/mol. The maximum absolute atomic E-state index is 13.9. The summed E-state index contributed by atoms with van der Waals surface area (Å²) in [5, 5.41) is 28.6. The molecule has 49 heavy (non-hydrogen) atoms. The lowest BCUT2D eigenvalue weighted by atomic mass is 10.0. The van der Waals surface area contributed by atoms with Crippen molar-refractivity contribution in [2.24, 2.45) is 5.73 Å². The van der Waals surface area contributed by atoms with Crippen molar-refractivity contribution in [3.63, 3.8) is 0 Å². The minimum Gasteiger partial charge on any atom is -0.508 e. The topological polar surface area (TPSA) is 207 Å². The van der Waals surface area contributed by atoms with Gasteiger partial charge in [0, 0.05) is 42.9 Å². The molecule has 0 bridgehead atoms. The van der Waals surface area contributed by atoms with Gasteiger partial charge in [-0.1, -0.05) is 60.7 Å². The summed E-state index contributed by atoms with van der Waals surface area (Å²) in [6.45, 7) is -0.0888. The SMILES string of the molecule is NCC(=O)N[C@@H](Cc1ccc(O)cc1)C(=O)N1CCC[C@@H]1C(=O)N[C@@H](Cc1c[nH]c2ccccc12)C(=O)N[C@@H](Cc1ccccc1)C(=O)O. The van der Waals surface area contributed by atoms with Crippen LogP contribution in [0.1, 0.15) is 29.5 Å². The Bertz CT molecular complexity index is 1790. The van der Waals surface area contributed by atoms with Gasteiger partial charge in [0.25, 0.3) is 0 Å². The molecule has 4 amide bonds. The molecule has 4 aromatic rings. The van der Waals surface area contributed by atoms with Crippen LogP contribution in [0.3, 0.4) is 0 Å². The van der Waals surface area contributed by atoms with Crippen LogP contribution in [0.2, 0.25) is 0 Å². The molecule has 0 spiro atoms. The van der Waals surface area contributed by atoms with Crippen molar-refractivity contribution < 1.29 is 34.2 Å². The number of aromatic nitrogens is 1. The quantitative estimate of drug-likeness (QED) is 0.104. The number of aliphatic carboxylic acids is 1. The molecule has 1 aliphatic heterocycles. The highest BCUT2D eigenvalue weighted by molar-refractivity contribution is 5.96. The molecular formula is C36H40N6O7. The van der Waals surface area contributed by atoms with E-state index in [9.17, 15) is 34.2 Å². The van der Waals surface area contributed by atoms with E-state index in [4.69, 9.17) is 5.73 Å². The zero-order valence-corrected chi connectivity index (χ0v) is 26.8. The van der Waals surface area contributed by atoms with Gasteiger partial charge in [-0.3, -0.25) is 19.2 Å². The first-order valence-corrected chi connectivity index (χ1v) is 16.1. The average molecular weight is 669 g/mol. The molecule has 1 saturated heterocycles. The lowest BCUT2D eigenvalue weighted by Gasteiger charge is -2.30. The molecule has 0 saturated carbocycles. The number of phenols is 1. The predicted molar refractivity (Wildman–Crippen MR) is 181 cm³/mol. The molecule has 2 heterocycles. The largest absolute Gasteiger partial charge is 0.508 e. The van der Waals surface area contributed by atoms with E-state index < -0.39 is 53.8 Å². The Morgan fingerprint density at radius 2 is 1.49 bits per heavy atom. The van der Waals surface area contributed by atoms with E-state index in [-0.39, 0.29) is 38.1 Å². The molecule has 0 aliphatic carbocycles. The van der Waals surface area contributed by atoms with E-state index in [0.29, 0.717) is 18.4 Å². The van der Waals surface area contributed by atoms with E-state index >= 15 is 0 Å². The first-order valence-electron chi connectivity index (χ1n) is 16.1. The Morgan fingerprint density at radius 3 is 2.20 bits per heavy atom. The van der Waals surface area contributed by atoms with Gasteiger partial charge in [0.15, 0.2) is 0 Å². The highest BCUT2D eigenvalue weighted by Crippen LogP contribution is 2.23. The number of H-pyrrole nitrogens is 1. The number of nitrogens with zero attached hydrogens (tertiary/aromatic N) is 1. The van der Waals surface area contributed by atoms with Crippen LogP contribution in [0.4, 0.5) is 0 Å². The van der Waals surface area contributed by atoms with Gasteiger partial charge >= 0.3 is 5.97 Å². The van der Waals surface area contributed by atoms with Crippen molar-refractivity contribution in [1.82, 2.24) is 25.8 Å². The lowest BCUT2D eigenvalue weighted by molar-refractivity contribution is -0.143. The minimum absolute atomic E-state index is 0.0392. The molecule has 0 radical (unpaired) electrons. The fraction of sp³-hybridized carbons (Fsp3) is 0.306. The minimum atomic E-state index is -1.26. The lowest BCUT2D eigenvalue weighted by Crippen LogP contribution is -2.58. The van der Waals surface area contributed by atoms with Crippen LogP contribution >= 0.6 is 0 Å². The highest BCUT2D eigenvalue weighted by atomic mass is 16.4. The number of carboxylic acid groups (broad SMARTS) is 1. The molecule has 1 fully saturated rings. The molecule has 8 N–H and O–H groups in total. The van der Waals surface area contributed by atoms with Gasteiger partial charge in [0.1, 0.15) is 29.9 Å². The van der Waals surface area contributed by atoms with E-state index in [1.54, 1.807) is 42.6 Å². The Balaban J connectivity index is 1.37. The number of hydrogen-bond acceptors (Lipinski definition) is 7. The molecule has 13 nitrogen and oxygen atoms in total. The van der Waals surface area contributed by atoms with Crippen LogP contribution in [0.5, 0.6) is 5.75 Å². The zero-order valence-electron chi connectivity index (χ0n) is 26.8. The Kier molecular flexibility index (Phi) is 11.3. The monoisotopic (exact) mass is 668 g/mol. The van der Waals surface area contributed by atoms with Crippen molar-refractivity contribution >= 4 is 40.5 Å². The van der Waals surface area contributed by atoms with Crippen molar-refractivity contribution in [3.05, 3.63) is 102 Å². The van der Waals surface area contributed by atoms with Crippen LogP contribution in [-0.2, 0) is 43.2 Å². The average Bonchev–Trinajstić information content (AvgIpc) is 3.76. The number of phenolic OH excluding ortho intramolecular Hbond substituents is 1. The standard InChI is InChI=1S/C36H40N6O7/c37-20-32(44)39-29(17-23-12-14-25(43)15-13-23)35(47)42-16-6-11-31(42)34(46)40-28(19-24-21-38-27-10-5-4-9-26(24)27)33(45)41-30(36(48)49)18-22-7-2-1-3-8-22/h1-5,7-10,12-15,21,28-31,38,43H,6,11,16-20,37H2,(H,39,44)(H,40,46)(H,41,45)(H,48,49)/t28-,29-,30-,31+/m0/s1. The summed E-state index contributed by atoms with van der Waals surface area (Å²) >= 11 is 0. The number of hydrogen-bond donors (Lipinski definition) is 7. The van der Waals surface area contributed by atoms with Crippen LogP contribution in [-0.4, -0.2) is 87.0 Å². The second-order valence-electron chi connectivity index (χ2n) is 12.1. The number of carbonyl (C=O) groups excluding carboxylic acids is 4. The van der Waals surface area contributed by atoms with Gasteiger partial charge in [-0.25, -0.2) is 4.79 Å². The fourth-order valence-corrected chi connectivity index (χ4v) is 6.14. The third kappa shape index (κ3) is 8.82. The molecule has 0 unspecified atom stereocenters. The Hall–Kier alpha value is -5.69. The maximum atomic E-state index is 13.9. The van der Waals surface area contributed by atoms with Crippen molar-refractivity contribution in [2.45, 2.75) is 56.3 Å². The Labute approximate surface area is 282 Å². The van der Waals surface area contributed by atoms with Crippen molar-refractivity contribution in [1.29, 1.82) is 0 Å². The van der Waals surface area contributed by atoms with Crippen LogP contribution in [0, 0.1) is 0 Å². The molecule has 1 aliphatic rings. The molecule has 3 aromatic carbocycles. The van der Waals surface area contributed by atoms with Gasteiger partial charge < -0.3 is 41.8 Å². The predicted octanol–water partition coefficient (Wildman–Crippen LogP) is 1.39. The van der Waals surface area contributed by atoms with E-state index in [1.807, 2.05) is 30.3 Å². The summed E-state index contributed by atoms with van der Waals surface area (Å²) in [5.74, 6) is -3.46. The molecule has 1 aromatic heterocycles. The number of benzene rings is 3. The number of amides is 4. The number of nitrogens with one attached hydrogen (secondary N) is 4. The number of likely N-dealkylation sites (tertiary alicyclic amines) is 1. The summed E-state index contributed by atoms with van der Waals surface area (Å²) in [6, 6.07) is 18.2. The van der Waals surface area contributed by atoms with Gasteiger partial charge in [0.2, 0.25) is 23.6 Å². The molecule has 4 atom stereocenters. The summed E-state index contributed by atoms with van der Waals surface area (Å²) in [4.78, 5) is 70.7. The van der Waals surface area contributed by atoms with E-state index in [2.05, 4.69) is 20.9 Å². The first-order chi connectivity index (χ1) is 23.6. The summed E-state index contributed by atoms with van der Waals surface area (Å²) in [5.41, 5.74) is 8.49. The normalized spacial score (nSPS) is 16.0. The second-order valence-corrected chi connectivity index (χ2v) is 12.1. The smallest absolute Gasteiger partial charge is 0.326 e. The first kappa shape index (κ1) is 34.6. The molecule has 256 valence electrons. The fourth-order valence-electron chi connectivity index (χ4n) is 6.14. The number of rotatable bonds is 14. The number of aromatic hydroxyl groups is 1. The Morgan fingerprint density at radius 1 is 0.816 bits per heavy atom. The summed E-state index contributed by atoms with van der Waals surface area (Å²) in [6.07, 6.45) is 2.77. The molecule has 13 heteroatoms. The van der Waals surface area contributed by atoms with Crippen molar-refractivity contribution in [2.75, 3.05) is 13.1 Å². The van der Waals surface area contributed by atoms with Crippen LogP contribution in [0.25, 0.3) is 10.9 Å². The van der Waals surface area contributed by atoms with E-state index in [0.717, 1.165) is 22.0 Å². The van der Waals surface area contributed by atoms with E-state index in [1.165, 1.54) is 17.0 Å². The molecule has 5 rings (SSSR count). The van der Waals surface area contributed by atoms with Crippen LogP contribution in [0.15, 0.2) is 85.1 Å². The number of para-hydroxylation sites is 1. The number of aromatic amines is 1. The van der Waals surface area contributed by atoms with Gasteiger partial charge in [-0.2, -0.15) is 0 Å².